The highest BCUT2D eigenvalue weighted by Gasteiger charge is 2.26. The molecule has 2 atom stereocenters. The number of hydrogen-bond acceptors (Lipinski definition) is 1. The summed E-state index contributed by atoms with van der Waals surface area (Å²) in [5.74, 6) is 0.639. The number of nitrogens with zero attached hydrogens (tertiary/aromatic N) is 1. The summed E-state index contributed by atoms with van der Waals surface area (Å²) >= 11 is 0. The van der Waals surface area contributed by atoms with Crippen LogP contribution >= 0.6 is 0 Å². The van der Waals surface area contributed by atoms with Gasteiger partial charge in [-0.2, -0.15) is 0 Å². The summed E-state index contributed by atoms with van der Waals surface area (Å²) < 4.78 is 12.8. The van der Waals surface area contributed by atoms with Crippen LogP contribution in [0.1, 0.15) is 27.2 Å². The van der Waals surface area contributed by atoms with Crippen LogP contribution in [0.15, 0.2) is 0 Å². The van der Waals surface area contributed by atoms with Crippen LogP contribution in [0.5, 0.6) is 0 Å². The van der Waals surface area contributed by atoms with Crippen LogP contribution in [0.4, 0.5) is 4.39 Å². The van der Waals surface area contributed by atoms with Gasteiger partial charge in [-0.1, -0.05) is 13.8 Å². The zero-order chi connectivity index (χ0) is 8.43. The predicted molar refractivity (Wildman–Crippen MR) is 45.4 cm³/mol. The minimum atomic E-state index is -0.573. The van der Waals surface area contributed by atoms with E-state index in [0.717, 1.165) is 13.0 Å². The van der Waals surface area contributed by atoms with Crippen molar-refractivity contribution < 1.29 is 4.39 Å². The number of hydrogen-bond donors (Lipinski definition) is 0. The Bertz CT molecular complexity index is 125. The minimum Gasteiger partial charge on any atom is -0.297 e. The van der Waals surface area contributed by atoms with Gasteiger partial charge in [0.25, 0.3) is 0 Å². The van der Waals surface area contributed by atoms with Crippen molar-refractivity contribution in [2.24, 2.45) is 5.92 Å². The molecule has 0 saturated carbocycles. The molecule has 0 radical (unpaired) electrons. The van der Waals surface area contributed by atoms with Crippen molar-refractivity contribution in [3.63, 3.8) is 0 Å². The van der Waals surface area contributed by atoms with Gasteiger partial charge >= 0.3 is 0 Å². The molecule has 66 valence electrons. The van der Waals surface area contributed by atoms with E-state index >= 15 is 0 Å². The molecular formula is C9H18FN. The number of alkyl halides is 1. The van der Waals surface area contributed by atoms with Gasteiger partial charge in [-0.25, -0.2) is 4.39 Å². The van der Waals surface area contributed by atoms with Crippen LogP contribution in [0.3, 0.4) is 0 Å². The van der Waals surface area contributed by atoms with E-state index in [9.17, 15) is 4.39 Å². The van der Waals surface area contributed by atoms with Crippen molar-refractivity contribution in [1.29, 1.82) is 0 Å². The molecule has 0 N–H and O–H groups in total. The lowest BCUT2D eigenvalue weighted by Gasteiger charge is -2.26. The fourth-order valence-electron chi connectivity index (χ4n) is 1.53. The topological polar surface area (TPSA) is 3.24 Å². The Morgan fingerprint density at radius 3 is 2.36 bits per heavy atom. The molecule has 0 aromatic heterocycles. The first-order valence-corrected chi connectivity index (χ1v) is 4.49. The van der Waals surface area contributed by atoms with Gasteiger partial charge in [0.15, 0.2) is 0 Å². The minimum absolute atomic E-state index is 0.538. The lowest BCUT2D eigenvalue weighted by Crippen LogP contribution is -2.34. The molecule has 1 fully saturated rings. The quantitative estimate of drug-likeness (QED) is 0.596. The zero-order valence-electron chi connectivity index (χ0n) is 7.68. The lowest BCUT2D eigenvalue weighted by atomic mass is 10.1. The van der Waals surface area contributed by atoms with Gasteiger partial charge in [0, 0.05) is 19.1 Å². The predicted octanol–water partition coefficient (Wildman–Crippen LogP) is 2.07. The van der Waals surface area contributed by atoms with E-state index in [4.69, 9.17) is 0 Å². The molecule has 0 aromatic carbocycles. The molecule has 1 rings (SSSR count). The van der Waals surface area contributed by atoms with Crippen molar-refractivity contribution in [2.45, 2.75) is 39.4 Å². The molecule has 1 aliphatic heterocycles. The fraction of sp³-hybridized carbons (Fsp3) is 1.00. The second-order valence-corrected chi connectivity index (χ2v) is 3.87. The highest BCUT2D eigenvalue weighted by molar-refractivity contribution is 4.80. The fourth-order valence-corrected chi connectivity index (χ4v) is 1.53. The lowest BCUT2D eigenvalue weighted by molar-refractivity contribution is 0.192. The largest absolute Gasteiger partial charge is 0.297 e. The monoisotopic (exact) mass is 159 g/mol. The number of rotatable bonds is 2. The van der Waals surface area contributed by atoms with Crippen molar-refractivity contribution in [1.82, 2.24) is 4.90 Å². The van der Waals surface area contributed by atoms with E-state index in [0.29, 0.717) is 18.5 Å². The molecule has 0 amide bonds. The highest BCUT2D eigenvalue weighted by atomic mass is 19.1. The molecule has 0 bridgehead atoms. The molecule has 0 aromatic rings. The average molecular weight is 159 g/mol. The van der Waals surface area contributed by atoms with E-state index in [1.54, 1.807) is 0 Å². The average Bonchev–Trinajstić information content (AvgIpc) is 2.34. The Morgan fingerprint density at radius 2 is 2.00 bits per heavy atom. The van der Waals surface area contributed by atoms with Crippen molar-refractivity contribution in [3.8, 4) is 0 Å². The molecule has 0 aliphatic carbocycles. The van der Waals surface area contributed by atoms with E-state index in [2.05, 4.69) is 25.7 Å². The maximum absolute atomic E-state index is 12.8. The van der Waals surface area contributed by atoms with Gasteiger partial charge in [-0.3, -0.25) is 4.90 Å². The van der Waals surface area contributed by atoms with Gasteiger partial charge < -0.3 is 0 Å². The normalized spacial score (nSPS) is 29.7. The van der Waals surface area contributed by atoms with Gasteiger partial charge in [-0.15, -0.1) is 0 Å². The third kappa shape index (κ3) is 2.16. The second-order valence-electron chi connectivity index (χ2n) is 3.87. The molecule has 1 heterocycles. The van der Waals surface area contributed by atoms with E-state index in [1.807, 2.05) is 0 Å². The number of likely N-dealkylation sites (tertiary alicyclic amines) is 1. The van der Waals surface area contributed by atoms with Crippen LogP contribution < -0.4 is 0 Å². The Morgan fingerprint density at radius 1 is 1.36 bits per heavy atom. The Kier molecular flexibility index (Phi) is 2.88. The Hall–Kier alpha value is -0.110. The second kappa shape index (κ2) is 3.53. The first kappa shape index (κ1) is 8.98. The molecule has 11 heavy (non-hydrogen) atoms. The van der Waals surface area contributed by atoms with Gasteiger partial charge in [0.1, 0.15) is 6.17 Å². The molecule has 1 aliphatic rings. The summed E-state index contributed by atoms with van der Waals surface area (Å²) in [6.07, 6.45) is 0.160. The van der Waals surface area contributed by atoms with Gasteiger partial charge in [0.2, 0.25) is 0 Å². The maximum atomic E-state index is 12.8. The van der Waals surface area contributed by atoms with E-state index in [-0.39, 0.29) is 0 Å². The third-order valence-electron chi connectivity index (χ3n) is 2.70. The molecule has 1 nitrogen and oxygen atoms in total. The maximum Gasteiger partial charge on any atom is 0.114 e. The van der Waals surface area contributed by atoms with Gasteiger partial charge in [-0.05, 0) is 19.3 Å². The third-order valence-corrected chi connectivity index (χ3v) is 2.70. The summed E-state index contributed by atoms with van der Waals surface area (Å²) in [6.45, 7) is 8.16. The van der Waals surface area contributed by atoms with Crippen LogP contribution in [-0.2, 0) is 0 Å². The summed E-state index contributed by atoms with van der Waals surface area (Å²) in [7, 11) is 0. The van der Waals surface area contributed by atoms with Crippen molar-refractivity contribution in [3.05, 3.63) is 0 Å². The summed E-state index contributed by atoms with van der Waals surface area (Å²) in [5, 5.41) is 0. The van der Waals surface area contributed by atoms with Crippen LogP contribution in [0, 0.1) is 5.92 Å². The van der Waals surface area contributed by atoms with Crippen molar-refractivity contribution >= 4 is 0 Å². The van der Waals surface area contributed by atoms with Crippen LogP contribution in [0.25, 0.3) is 0 Å². The molecule has 1 saturated heterocycles. The van der Waals surface area contributed by atoms with Gasteiger partial charge in [0.05, 0.1) is 0 Å². The standard InChI is InChI=1S/C9H18FN/c1-7(2)8(3)11-5-4-9(10)6-11/h7-9H,4-6H2,1-3H3/t8-,9-/m0/s1. The van der Waals surface area contributed by atoms with Crippen LogP contribution in [0.2, 0.25) is 0 Å². The Balaban J connectivity index is 2.36. The summed E-state index contributed by atoms with van der Waals surface area (Å²) in [5.41, 5.74) is 0. The SMILES string of the molecule is CC(C)[C@H](C)N1CC[C@H](F)C1. The zero-order valence-corrected chi connectivity index (χ0v) is 7.68. The number of halogens is 1. The van der Waals surface area contributed by atoms with E-state index < -0.39 is 6.17 Å². The Labute approximate surface area is 68.6 Å². The molecule has 2 heteroatoms. The van der Waals surface area contributed by atoms with Crippen molar-refractivity contribution in [2.75, 3.05) is 13.1 Å². The first-order valence-electron chi connectivity index (χ1n) is 4.49. The van der Waals surface area contributed by atoms with Crippen LogP contribution in [-0.4, -0.2) is 30.2 Å². The van der Waals surface area contributed by atoms with E-state index in [1.165, 1.54) is 0 Å². The highest BCUT2D eigenvalue weighted by Crippen LogP contribution is 2.18. The molecule has 0 spiro atoms. The smallest absolute Gasteiger partial charge is 0.114 e. The molecule has 0 unspecified atom stereocenters. The first-order chi connectivity index (χ1) is 5.11. The molecular weight excluding hydrogens is 141 g/mol. The summed E-state index contributed by atoms with van der Waals surface area (Å²) in [6, 6.07) is 0.538. The summed E-state index contributed by atoms with van der Waals surface area (Å²) in [4.78, 5) is 2.25.